The van der Waals surface area contributed by atoms with Gasteiger partial charge in [-0.1, -0.05) is 0 Å². The zero-order valence-electron chi connectivity index (χ0n) is 8.25. The molecule has 0 aliphatic rings. The fourth-order valence-electron chi connectivity index (χ4n) is 1.26. The van der Waals surface area contributed by atoms with Gasteiger partial charge in [-0.15, -0.1) is 5.10 Å². The molecule has 0 bridgehead atoms. The number of fused-ring (bicyclic) bond motifs is 1. The van der Waals surface area contributed by atoms with Crippen LogP contribution < -0.4 is 15.2 Å². The summed E-state index contributed by atoms with van der Waals surface area (Å²) in [6.07, 6.45) is -0.0792. The van der Waals surface area contributed by atoms with Crippen LogP contribution in [0.25, 0.3) is 5.65 Å². The van der Waals surface area contributed by atoms with E-state index in [9.17, 15) is 4.79 Å². The minimum atomic E-state index is -1.42. The lowest BCUT2D eigenvalue weighted by molar-refractivity contribution is 0.144. The Morgan fingerprint density at radius 3 is 3.00 bits per heavy atom. The zero-order chi connectivity index (χ0) is 11.7. The molecule has 0 unspecified atom stereocenters. The normalized spacial score (nSPS) is 10.3. The number of rotatable bonds is 2. The number of hydrogen-bond donors (Lipinski definition) is 2. The van der Waals surface area contributed by atoms with E-state index >= 15 is 0 Å². The third-order valence-corrected chi connectivity index (χ3v) is 1.82. The van der Waals surface area contributed by atoms with Gasteiger partial charge in [0.2, 0.25) is 5.95 Å². The number of aromatic nitrogens is 3. The maximum absolute atomic E-state index is 10.4. The quantitative estimate of drug-likeness (QED) is 0.709. The number of carboxylic acid groups (broad SMARTS) is 1. The molecule has 2 heterocycles. The molecule has 0 fully saturated rings. The number of carbonyl (C=O) groups is 1. The van der Waals surface area contributed by atoms with E-state index in [-0.39, 0.29) is 11.7 Å². The molecule has 0 aliphatic carbocycles. The van der Waals surface area contributed by atoms with Crippen LogP contribution >= 0.6 is 0 Å². The zero-order valence-corrected chi connectivity index (χ0v) is 8.25. The van der Waals surface area contributed by atoms with Crippen molar-refractivity contribution in [1.82, 2.24) is 14.6 Å². The Bertz CT molecular complexity index is 550. The topological polar surface area (TPSA) is 112 Å². The van der Waals surface area contributed by atoms with Crippen LogP contribution in [0.2, 0.25) is 0 Å². The number of nitrogens with two attached hydrogens (primary N) is 1. The number of ether oxygens (including phenoxy) is 2. The second-order valence-corrected chi connectivity index (χ2v) is 2.85. The minimum Gasteiger partial charge on any atom is -0.493 e. The van der Waals surface area contributed by atoms with E-state index in [0.29, 0.717) is 11.4 Å². The summed E-state index contributed by atoms with van der Waals surface area (Å²) in [6, 6.07) is 1.39. The smallest absolute Gasteiger partial charge is 0.493 e. The van der Waals surface area contributed by atoms with Crippen molar-refractivity contribution in [2.45, 2.75) is 0 Å². The molecule has 2 aromatic rings. The van der Waals surface area contributed by atoms with Crippen molar-refractivity contribution in [1.29, 1.82) is 0 Å². The summed E-state index contributed by atoms with van der Waals surface area (Å²) in [5.41, 5.74) is 5.80. The Morgan fingerprint density at radius 1 is 1.62 bits per heavy atom. The fraction of sp³-hybridized carbons (Fsp3) is 0.125. The van der Waals surface area contributed by atoms with Crippen molar-refractivity contribution < 1.29 is 19.4 Å². The molecule has 0 aliphatic heterocycles. The predicted molar refractivity (Wildman–Crippen MR) is 52.6 cm³/mol. The van der Waals surface area contributed by atoms with Crippen molar-refractivity contribution in [2.24, 2.45) is 0 Å². The van der Waals surface area contributed by atoms with Gasteiger partial charge in [0.05, 0.1) is 13.3 Å². The molecule has 84 valence electrons. The lowest BCUT2D eigenvalue weighted by Gasteiger charge is -2.04. The number of nitrogen functional groups attached to an aromatic ring is 1. The summed E-state index contributed by atoms with van der Waals surface area (Å²) in [5, 5.41) is 12.3. The van der Waals surface area contributed by atoms with Gasteiger partial charge in [-0.2, -0.15) is 4.98 Å². The van der Waals surface area contributed by atoms with Gasteiger partial charge in [-0.05, 0) is 0 Å². The molecule has 0 aromatic carbocycles. The first-order valence-electron chi connectivity index (χ1n) is 4.21. The van der Waals surface area contributed by atoms with E-state index in [1.165, 1.54) is 23.9 Å². The van der Waals surface area contributed by atoms with E-state index in [4.69, 9.17) is 15.6 Å². The second-order valence-electron chi connectivity index (χ2n) is 2.85. The molecule has 8 heteroatoms. The van der Waals surface area contributed by atoms with Crippen LogP contribution in [0.4, 0.5) is 10.7 Å². The Labute approximate surface area is 89.2 Å². The maximum atomic E-state index is 10.4. The van der Waals surface area contributed by atoms with Gasteiger partial charge < -0.3 is 20.3 Å². The fourth-order valence-corrected chi connectivity index (χ4v) is 1.26. The predicted octanol–water partition coefficient (Wildman–Crippen LogP) is 0.377. The highest BCUT2D eigenvalue weighted by molar-refractivity contribution is 5.63. The number of hydrogen-bond acceptors (Lipinski definition) is 6. The van der Waals surface area contributed by atoms with Gasteiger partial charge in [-0.3, -0.25) is 0 Å². The average molecular weight is 224 g/mol. The third-order valence-electron chi connectivity index (χ3n) is 1.82. The van der Waals surface area contributed by atoms with Crippen molar-refractivity contribution in [3.63, 3.8) is 0 Å². The molecule has 0 radical (unpaired) electrons. The number of methoxy groups -OCH3 is 1. The first-order valence-corrected chi connectivity index (χ1v) is 4.21. The maximum Gasteiger partial charge on any atom is 0.511 e. The minimum absolute atomic E-state index is 0.0609. The van der Waals surface area contributed by atoms with E-state index in [1.54, 1.807) is 0 Å². The molecular formula is C8H8N4O4. The molecule has 0 saturated carbocycles. The standard InChI is InChI=1S/C8H8N4O4/c1-15-5-2-4(16-8(13)14)3-12-6(5)10-7(9)11-12/h2-3H,1H3,(H2,9,11)(H,13,14). The van der Waals surface area contributed by atoms with Crippen LogP contribution in [-0.4, -0.2) is 33.0 Å². The average Bonchev–Trinajstić information content (AvgIpc) is 2.56. The number of pyridine rings is 1. The first-order chi connectivity index (χ1) is 7.60. The Kier molecular flexibility index (Phi) is 2.24. The summed E-state index contributed by atoms with van der Waals surface area (Å²) in [7, 11) is 1.42. The van der Waals surface area contributed by atoms with E-state index in [0.717, 1.165) is 0 Å². The van der Waals surface area contributed by atoms with Gasteiger partial charge in [0, 0.05) is 6.07 Å². The van der Waals surface area contributed by atoms with Crippen molar-refractivity contribution in [3.8, 4) is 11.5 Å². The van der Waals surface area contributed by atoms with Crippen molar-refractivity contribution in [3.05, 3.63) is 12.3 Å². The lowest BCUT2D eigenvalue weighted by Crippen LogP contribution is -2.04. The van der Waals surface area contributed by atoms with Crippen LogP contribution in [0.5, 0.6) is 11.5 Å². The van der Waals surface area contributed by atoms with Crippen LogP contribution in [-0.2, 0) is 0 Å². The van der Waals surface area contributed by atoms with E-state index < -0.39 is 6.16 Å². The summed E-state index contributed by atoms with van der Waals surface area (Å²) in [5.74, 6) is 0.454. The van der Waals surface area contributed by atoms with Gasteiger partial charge >= 0.3 is 6.16 Å². The molecule has 3 N–H and O–H groups in total. The Morgan fingerprint density at radius 2 is 2.38 bits per heavy atom. The van der Waals surface area contributed by atoms with Crippen LogP contribution in [0.15, 0.2) is 12.3 Å². The summed E-state index contributed by atoms with van der Waals surface area (Å²) >= 11 is 0. The third kappa shape index (κ3) is 1.67. The van der Waals surface area contributed by atoms with Crippen LogP contribution in [0.3, 0.4) is 0 Å². The van der Waals surface area contributed by atoms with Gasteiger partial charge in [-0.25, -0.2) is 9.31 Å². The summed E-state index contributed by atoms with van der Waals surface area (Å²) < 4.78 is 10.8. The van der Waals surface area contributed by atoms with E-state index in [2.05, 4.69) is 14.8 Å². The molecule has 0 saturated heterocycles. The van der Waals surface area contributed by atoms with Gasteiger partial charge in [0.1, 0.15) is 0 Å². The molecule has 8 nitrogen and oxygen atoms in total. The van der Waals surface area contributed by atoms with Crippen LogP contribution in [0.1, 0.15) is 0 Å². The molecule has 16 heavy (non-hydrogen) atoms. The lowest BCUT2D eigenvalue weighted by atomic mass is 10.4. The molecule has 2 rings (SSSR count). The molecule has 0 spiro atoms. The highest BCUT2D eigenvalue weighted by Crippen LogP contribution is 2.24. The molecule has 0 atom stereocenters. The van der Waals surface area contributed by atoms with Crippen LogP contribution in [0, 0.1) is 0 Å². The molecule has 0 amide bonds. The highest BCUT2D eigenvalue weighted by Gasteiger charge is 2.11. The first kappa shape index (κ1) is 10.0. The monoisotopic (exact) mass is 224 g/mol. The van der Waals surface area contributed by atoms with Gasteiger partial charge in [0.25, 0.3) is 0 Å². The number of nitrogens with zero attached hydrogens (tertiary/aromatic N) is 3. The summed E-state index contributed by atoms with van der Waals surface area (Å²) in [6.45, 7) is 0. The van der Waals surface area contributed by atoms with Crippen molar-refractivity contribution in [2.75, 3.05) is 12.8 Å². The van der Waals surface area contributed by atoms with Gasteiger partial charge in [0.15, 0.2) is 17.1 Å². The summed E-state index contributed by atoms with van der Waals surface area (Å²) in [4.78, 5) is 14.3. The van der Waals surface area contributed by atoms with E-state index in [1.807, 2.05) is 0 Å². The van der Waals surface area contributed by atoms with Crippen molar-refractivity contribution >= 4 is 17.8 Å². The largest absolute Gasteiger partial charge is 0.511 e. The Balaban J connectivity index is 2.57. The second kappa shape index (κ2) is 3.57. The molecular weight excluding hydrogens is 216 g/mol. The SMILES string of the molecule is COc1cc(OC(=O)O)cn2nc(N)nc12. The highest BCUT2D eigenvalue weighted by atomic mass is 16.7. The Hall–Kier alpha value is -2.51. The number of anilines is 1. The molecule has 2 aromatic heterocycles.